The average molecular weight is 430 g/mol. The molecule has 4 aromatic rings. The number of fused-ring (bicyclic) bond motifs is 1. The van der Waals surface area contributed by atoms with Crippen molar-refractivity contribution in [3.05, 3.63) is 85.6 Å². The summed E-state index contributed by atoms with van der Waals surface area (Å²) >= 11 is 13.2. The zero-order chi connectivity index (χ0) is 19.7. The second-order valence-electron chi connectivity index (χ2n) is 5.84. The van der Waals surface area contributed by atoms with Crippen LogP contribution in [0.5, 0.6) is 5.75 Å². The van der Waals surface area contributed by atoms with Crippen LogP contribution >= 0.6 is 34.5 Å². The summed E-state index contributed by atoms with van der Waals surface area (Å²) in [7, 11) is 0. The van der Waals surface area contributed by atoms with Gasteiger partial charge in [0.2, 0.25) is 4.96 Å². The van der Waals surface area contributed by atoms with Crippen LogP contribution in [-0.4, -0.2) is 21.2 Å². The summed E-state index contributed by atoms with van der Waals surface area (Å²) < 4.78 is 7.30. The Morgan fingerprint density at radius 1 is 1.14 bits per heavy atom. The first-order chi connectivity index (χ1) is 13.5. The van der Waals surface area contributed by atoms with Crippen molar-refractivity contribution < 1.29 is 4.74 Å². The van der Waals surface area contributed by atoms with Crippen LogP contribution < -0.4 is 14.8 Å². The van der Waals surface area contributed by atoms with E-state index in [2.05, 4.69) is 16.7 Å². The Hall–Kier alpha value is -2.67. The molecule has 140 valence electrons. The lowest BCUT2D eigenvalue weighted by Gasteiger charge is -2.02. The van der Waals surface area contributed by atoms with E-state index in [1.807, 2.05) is 24.3 Å². The van der Waals surface area contributed by atoms with Gasteiger partial charge in [0.15, 0.2) is 5.82 Å². The maximum atomic E-state index is 12.7. The molecule has 0 radical (unpaired) electrons. The first-order valence-corrected chi connectivity index (χ1v) is 9.83. The highest BCUT2D eigenvalue weighted by molar-refractivity contribution is 7.15. The summed E-state index contributed by atoms with van der Waals surface area (Å²) in [6, 6.07) is 12.6. The van der Waals surface area contributed by atoms with Crippen molar-refractivity contribution in [1.82, 2.24) is 14.6 Å². The van der Waals surface area contributed by atoms with E-state index < -0.39 is 0 Å². The van der Waals surface area contributed by atoms with E-state index in [1.165, 1.54) is 15.9 Å². The Balaban J connectivity index is 1.68. The van der Waals surface area contributed by atoms with Crippen LogP contribution in [0.4, 0.5) is 0 Å². The number of ether oxygens (including phenoxy) is 1. The van der Waals surface area contributed by atoms with Gasteiger partial charge in [-0.1, -0.05) is 53.3 Å². The second kappa shape index (κ2) is 7.75. The fourth-order valence-electron chi connectivity index (χ4n) is 2.56. The lowest BCUT2D eigenvalue weighted by Crippen LogP contribution is -2.23. The monoisotopic (exact) mass is 429 g/mol. The van der Waals surface area contributed by atoms with Gasteiger partial charge in [0, 0.05) is 5.56 Å². The van der Waals surface area contributed by atoms with Crippen molar-refractivity contribution in [2.75, 3.05) is 6.61 Å². The molecule has 0 saturated carbocycles. The number of hydrogen-bond donors (Lipinski definition) is 0. The van der Waals surface area contributed by atoms with Crippen LogP contribution in [0.25, 0.3) is 22.4 Å². The molecular weight excluding hydrogens is 417 g/mol. The van der Waals surface area contributed by atoms with E-state index >= 15 is 0 Å². The van der Waals surface area contributed by atoms with E-state index in [1.54, 1.807) is 30.4 Å². The lowest BCUT2D eigenvalue weighted by atomic mass is 10.2. The third-order valence-corrected chi connectivity index (χ3v) is 5.60. The van der Waals surface area contributed by atoms with Crippen LogP contribution in [0.2, 0.25) is 10.0 Å². The molecule has 8 heteroatoms. The van der Waals surface area contributed by atoms with Crippen LogP contribution in [0, 0.1) is 0 Å². The number of halogens is 2. The lowest BCUT2D eigenvalue weighted by molar-refractivity contribution is 0.363. The van der Waals surface area contributed by atoms with E-state index in [0.717, 1.165) is 16.9 Å². The summed E-state index contributed by atoms with van der Waals surface area (Å²) in [6.45, 7) is 4.06. The first-order valence-electron chi connectivity index (χ1n) is 8.25. The largest absolute Gasteiger partial charge is 0.490 e. The summed E-state index contributed by atoms with van der Waals surface area (Å²) in [6.07, 6.45) is 3.43. The molecule has 28 heavy (non-hydrogen) atoms. The molecule has 0 bridgehead atoms. The maximum absolute atomic E-state index is 12.7. The predicted molar refractivity (Wildman–Crippen MR) is 114 cm³/mol. The average Bonchev–Trinajstić information content (AvgIpc) is 3.23. The minimum absolute atomic E-state index is 0.226. The van der Waals surface area contributed by atoms with E-state index in [-0.39, 0.29) is 5.56 Å². The molecule has 0 aliphatic heterocycles. The van der Waals surface area contributed by atoms with Gasteiger partial charge >= 0.3 is 0 Å². The summed E-state index contributed by atoms with van der Waals surface area (Å²) in [5, 5.41) is 5.25. The highest BCUT2D eigenvalue weighted by Gasteiger charge is 2.12. The smallest absolute Gasteiger partial charge is 0.291 e. The van der Waals surface area contributed by atoms with Crippen molar-refractivity contribution in [3.63, 3.8) is 0 Å². The Morgan fingerprint density at radius 2 is 1.93 bits per heavy atom. The van der Waals surface area contributed by atoms with E-state index in [9.17, 15) is 4.79 Å². The maximum Gasteiger partial charge on any atom is 0.291 e. The van der Waals surface area contributed by atoms with Gasteiger partial charge in [0.1, 0.15) is 12.4 Å². The van der Waals surface area contributed by atoms with Crippen molar-refractivity contribution in [1.29, 1.82) is 0 Å². The number of rotatable bonds is 5. The SMILES string of the molecule is C=CCOc1ccc(-c2nc3sc(=Cc4ccc(Cl)c(Cl)c4)c(=O)n3n2)cc1. The Labute approximate surface area is 174 Å². The third-order valence-electron chi connectivity index (χ3n) is 3.90. The first kappa shape index (κ1) is 18.7. The molecule has 2 aromatic carbocycles. The standard InChI is InChI=1S/C20H13Cl2N3O2S/c1-2-9-27-14-6-4-13(5-7-14)18-23-20-25(24-18)19(26)17(28-20)11-12-3-8-15(21)16(22)10-12/h2-8,10-11H,1,9H2. The number of aromatic nitrogens is 3. The molecule has 0 atom stereocenters. The van der Waals surface area contributed by atoms with Crippen molar-refractivity contribution in [3.8, 4) is 17.1 Å². The molecule has 0 unspecified atom stereocenters. The van der Waals surface area contributed by atoms with Crippen LogP contribution in [0.15, 0.2) is 59.9 Å². The summed E-state index contributed by atoms with van der Waals surface area (Å²) in [4.78, 5) is 17.7. The van der Waals surface area contributed by atoms with Gasteiger partial charge in [-0.2, -0.15) is 9.50 Å². The van der Waals surface area contributed by atoms with E-state index in [0.29, 0.717) is 32.0 Å². The molecule has 4 rings (SSSR count). The van der Waals surface area contributed by atoms with Crippen molar-refractivity contribution >= 4 is 45.6 Å². The predicted octanol–water partition coefficient (Wildman–Crippen LogP) is 4.24. The van der Waals surface area contributed by atoms with E-state index in [4.69, 9.17) is 27.9 Å². The molecule has 0 spiro atoms. The fraction of sp³-hybridized carbons (Fsp3) is 0.0500. The molecule has 0 amide bonds. The Bertz CT molecular complexity index is 1280. The van der Waals surface area contributed by atoms with Crippen LogP contribution in [0.3, 0.4) is 0 Å². The van der Waals surface area contributed by atoms with Gasteiger partial charge in [0.25, 0.3) is 5.56 Å². The van der Waals surface area contributed by atoms with Crippen LogP contribution in [-0.2, 0) is 0 Å². The molecular formula is C20H13Cl2N3O2S. The van der Waals surface area contributed by atoms with Gasteiger partial charge < -0.3 is 4.74 Å². The van der Waals surface area contributed by atoms with Crippen molar-refractivity contribution in [2.24, 2.45) is 0 Å². The number of hydrogen-bond acceptors (Lipinski definition) is 5. The van der Waals surface area contributed by atoms with Gasteiger partial charge in [-0.25, -0.2) is 0 Å². The highest BCUT2D eigenvalue weighted by Crippen LogP contribution is 2.23. The molecule has 0 aliphatic rings. The third kappa shape index (κ3) is 3.67. The highest BCUT2D eigenvalue weighted by atomic mass is 35.5. The Morgan fingerprint density at radius 3 is 2.61 bits per heavy atom. The quantitative estimate of drug-likeness (QED) is 0.445. The zero-order valence-corrected chi connectivity index (χ0v) is 16.8. The molecule has 0 N–H and O–H groups in total. The van der Waals surface area contributed by atoms with Gasteiger partial charge in [0.05, 0.1) is 14.6 Å². The van der Waals surface area contributed by atoms with Crippen LogP contribution in [0.1, 0.15) is 5.56 Å². The van der Waals surface area contributed by atoms with Gasteiger partial charge in [-0.3, -0.25) is 4.79 Å². The molecule has 0 fully saturated rings. The minimum Gasteiger partial charge on any atom is -0.490 e. The van der Waals surface area contributed by atoms with Gasteiger partial charge in [-0.05, 0) is 48.0 Å². The number of benzene rings is 2. The molecule has 0 saturated heterocycles. The second-order valence-corrected chi connectivity index (χ2v) is 7.67. The number of nitrogens with zero attached hydrogens (tertiary/aromatic N) is 3. The fourth-order valence-corrected chi connectivity index (χ4v) is 3.78. The summed E-state index contributed by atoms with van der Waals surface area (Å²) in [5.41, 5.74) is 1.36. The molecule has 2 heterocycles. The molecule has 5 nitrogen and oxygen atoms in total. The normalized spacial score (nSPS) is 11.9. The molecule has 0 aliphatic carbocycles. The topological polar surface area (TPSA) is 56.5 Å². The Kier molecular flexibility index (Phi) is 5.17. The number of thiazole rings is 1. The van der Waals surface area contributed by atoms with Gasteiger partial charge in [-0.15, -0.1) is 5.10 Å². The summed E-state index contributed by atoms with van der Waals surface area (Å²) in [5.74, 6) is 1.22. The molecule has 2 aromatic heterocycles. The minimum atomic E-state index is -0.226. The van der Waals surface area contributed by atoms with Crippen molar-refractivity contribution in [2.45, 2.75) is 0 Å². The zero-order valence-electron chi connectivity index (χ0n) is 14.4.